The second kappa shape index (κ2) is 8.04. The fourth-order valence-corrected chi connectivity index (χ4v) is 3.94. The van der Waals surface area contributed by atoms with Gasteiger partial charge >= 0.3 is 0 Å². The Morgan fingerprint density at radius 1 is 0.842 bits per heavy atom. The highest BCUT2D eigenvalue weighted by Gasteiger charge is 2.29. The average molecular weight is 268 g/mol. The summed E-state index contributed by atoms with van der Waals surface area (Å²) >= 11 is 0. The summed E-state index contributed by atoms with van der Waals surface area (Å²) < 4.78 is 12.0. The fourth-order valence-electron chi connectivity index (χ4n) is 3.94. The van der Waals surface area contributed by atoms with Gasteiger partial charge in [0.2, 0.25) is 0 Å². The molecule has 0 aliphatic heterocycles. The fraction of sp³-hybridized carbons (Fsp3) is 0.882. The van der Waals surface area contributed by atoms with Gasteiger partial charge in [0.1, 0.15) is 0 Å². The summed E-state index contributed by atoms with van der Waals surface area (Å²) in [6, 6.07) is 0. The van der Waals surface area contributed by atoms with Gasteiger partial charge in [0.25, 0.3) is 0 Å². The van der Waals surface area contributed by atoms with Gasteiger partial charge in [-0.1, -0.05) is 12.2 Å². The molecule has 2 saturated carbocycles. The Morgan fingerprint density at radius 3 is 2.00 bits per heavy atom. The Bertz CT molecular complexity index is 260. The van der Waals surface area contributed by atoms with Crippen molar-refractivity contribution in [2.24, 2.45) is 17.8 Å². The minimum absolute atomic E-state index is 0.0202. The quantitative estimate of drug-likeness (QED) is 0.720. The van der Waals surface area contributed by atoms with Gasteiger partial charge in [0.05, 0.1) is 12.8 Å². The van der Waals surface area contributed by atoms with Crippen molar-refractivity contribution in [2.75, 3.05) is 6.67 Å². The van der Waals surface area contributed by atoms with Gasteiger partial charge in [-0.25, -0.2) is 0 Å². The van der Waals surface area contributed by atoms with Crippen molar-refractivity contribution in [3.63, 3.8) is 0 Å². The summed E-state index contributed by atoms with van der Waals surface area (Å²) in [6.45, 7) is -0.225. The molecule has 0 bridgehead atoms. The van der Waals surface area contributed by atoms with Gasteiger partial charge in [-0.15, -0.1) is 0 Å². The molecule has 0 saturated heterocycles. The van der Waals surface area contributed by atoms with Gasteiger partial charge in [0, 0.05) is 0 Å². The number of hydrogen-bond acceptors (Lipinski definition) is 1. The lowest BCUT2D eigenvalue weighted by molar-refractivity contribution is 0.0772. The first-order chi connectivity index (χ1) is 9.29. The number of allylic oxidation sites excluding steroid dienone is 2. The average Bonchev–Trinajstić information content (AvgIpc) is 2.45. The standard InChI is InChI=1S/C17H29FO/c18-13-3-1-2-4-14-5-7-15(8-6-14)16-9-11-17(19)12-10-16/h1-2,14-17,19H,3-13H2. The number of aliphatic hydroxyl groups is 1. The normalized spacial score (nSPS) is 36.7. The number of rotatable bonds is 5. The third-order valence-corrected chi connectivity index (χ3v) is 5.21. The predicted octanol–water partition coefficient (Wildman–Crippen LogP) is 4.65. The van der Waals surface area contributed by atoms with Crippen molar-refractivity contribution in [1.29, 1.82) is 0 Å². The topological polar surface area (TPSA) is 20.2 Å². The van der Waals surface area contributed by atoms with Crippen LogP contribution < -0.4 is 0 Å². The first-order valence-corrected chi connectivity index (χ1v) is 8.18. The summed E-state index contributed by atoms with van der Waals surface area (Å²) in [5, 5.41) is 9.57. The number of aliphatic hydroxyl groups excluding tert-OH is 1. The lowest BCUT2D eigenvalue weighted by atomic mass is 9.70. The van der Waals surface area contributed by atoms with E-state index >= 15 is 0 Å². The van der Waals surface area contributed by atoms with Crippen LogP contribution in [0.4, 0.5) is 4.39 Å². The van der Waals surface area contributed by atoms with Crippen LogP contribution in [0.2, 0.25) is 0 Å². The molecule has 0 aromatic heterocycles. The van der Waals surface area contributed by atoms with E-state index in [1.165, 1.54) is 38.5 Å². The molecule has 2 aliphatic rings. The van der Waals surface area contributed by atoms with Crippen LogP contribution in [0, 0.1) is 17.8 Å². The highest BCUT2D eigenvalue weighted by molar-refractivity contribution is 4.87. The molecule has 1 nitrogen and oxygen atoms in total. The van der Waals surface area contributed by atoms with E-state index in [4.69, 9.17) is 0 Å². The molecule has 2 fully saturated rings. The highest BCUT2D eigenvalue weighted by Crippen LogP contribution is 2.40. The maximum Gasteiger partial charge on any atom is 0.0928 e. The van der Waals surface area contributed by atoms with Gasteiger partial charge in [-0.2, -0.15) is 0 Å². The van der Waals surface area contributed by atoms with Crippen molar-refractivity contribution in [3.05, 3.63) is 12.2 Å². The Morgan fingerprint density at radius 2 is 1.42 bits per heavy atom. The number of hydrogen-bond donors (Lipinski definition) is 1. The van der Waals surface area contributed by atoms with Gasteiger partial charge in [-0.3, -0.25) is 4.39 Å². The van der Waals surface area contributed by atoms with Crippen molar-refractivity contribution in [3.8, 4) is 0 Å². The molecule has 0 atom stereocenters. The predicted molar refractivity (Wildman–Crippen MR) is 77.8 cm³/mol. The zero-order valence-electron chi connectivity index (χ0n) is 12.1. The van der Waals surface area contributed by atoms with Crippen LogP contribution in [0.3, 0.4) is 0 Å². The molecule has 0 aromatic rings. The van der Waals surface area contributed by atoms with Gasteiger partial charge in [-0.05, 0) is 82.0 Å². The molecule has 0 radical (unpaired) electrons. The number of alkyl halides is 1. The van der Waals surface area contributed by atoms with Crippen LogP contribution in [-0.4, -0.2) is 17.9 Å². The molecule has 0 aromatic carbocycles. The van der Waals surface area contributed by atoms with Crippen LogP contribution in [0.25, 0.3) is 0 Å². The second-order valence-electron chi connectivity index (χ2n) is 6.53. The zero-order chi connectivity index (χ0) is 13.5. The third kappa shape index (κ3) is 4.91. The van der Waals surface area contributed by atoms with Crippen LogP contribution in [0.5, 0.6) is 0 Å². The van der Waals surface area contributed by atoms with Crippen LogP contribution in [0.15, 0.2) is 12.2 Å². The first kappa shape index (κ1) is 15.0. The minimum atomic E-state index is -0.225. The molecule has 110 valence electrons. The summed E-state index contributed by atoms with van der Waals surface area (Å²) in [5.41, 5.74) is 0. The van der Waals surface area contributed by atoms with Crippen molar-refractivity contribution in [1.82, 2.24) is 0 Å². The second-order valence-corrected chi connectivity index (χ2v) is 6.53. The van der Waals surface area contributed by atoms with Crippen molar-refractivity contribution >= 4 is 0 Å². The molecule has 0 unspecified atom stereocenters. The largest absolute Gasteiger partial charge is 0.393 e. The molecule has 1 N–H and O–H groups in total. The Hall–Kier alpha value is -0.370. The lowest BCUT2D eigenvalue weighted by Crippen LogP contribution is -2.27. The Labute approximate surface area is 117 Å². The summed E-state index contributed by atoms with van der Waals surface area (Å²) in [5.74, 6) is 2.63. The minimum Gasteiger partial charge on any atom is -0.393 e. The van der Waals surface area contributed by atoms with E-state index in [-0.39, 0.29) is 12.8 Å². The molecular formula is C17H29FO. The van der Waals surface area contributed by atoms with E-state index in [1.54, 1.807) is 0 Å². The highest BCUT2D eigenvalue weighted by atomic mass is 19.1. The van der Waals surface area contributed by atoms with E-state index in [0.717, 1.165) is 37.0 Å². The monoisotopic (exact) mass is 268 g/mol. The Balaban J connectivity index is 1.65. The third-order valence-electron chi connectivity index (χ3n) is 5.21. The summed E-state index contributed by atoms with van der Waals surface area (Å²) in [4.78, 5) is 0. The van der Waals surface area contributed by atoms with E-state index in [9.17, 15) is 9.50 Å². The molecule has 2 aliphatic carbocycles. The Kier molecular flexibility index (Phi) is 6.36. The van der Waals surface area contributed by atoms with Crippen LogP contribution >= 0.6 is 0 Å². The lowest BCUT2D eigenvalue weighted by Gasteiger charge is -2.36. The number of halogens is 1. The smallest absolute Gasteiger partial charge is 0.0928 e. The molecule has 2 heteroatoms. The molecule has 0 amide bonds. The summed E-state index contributed by atoms with van der Waals surface area (Å²) in [6.07, 6.45) is 15.9. The molecule has 19 heavy (non-hydrogen) atoms. The summed E-state index contributed by atoms with van der Waals surface area (Å²) in [7, 11) is 0. The van der Waals surface area contributed by atoms with Gasteiger partial charge in [0.15, 0.2) is 0 Å². The molecule has 0 heterocycles. The van der Waals surface area contributed by atoms with E-state index in [1.807, 2.05) is 6.08 Å². The molecule has 2 rings (SSSR count). The van der Waals surface area contributed by atoms with E-state index in [2.05, 4.69) is 6.08 Å². The maximum absolute atomic E-state index is 12.0. The van der Waals surface area contributed by atoms with E-state index in [0.29, 0.717) is 6.42 Å². The van der Waals surface area contributed by atoms with Crippen LogP contribution in [-0.2, 0) is 0 Å². The van der Waals surface area contributed by atoms with Gasteiger partial charge < -0.3 is 5.11 Å². The maximum atomic E-state index is 12.0. The molecular weight excluding hydrogens is 239 g/mol. The SMILES string of the molecule is OC1CCC(C2CCC(CC=CCCF)CC2)CC1. The van der Waals surface area contributed by atoms with E-state index < -0.39 is 0 Å². The molecule has 0 spiro atoms. The zero-order valence-corrected chi connectivity index (χ0v) is 12.1. The van der Waals surface area contributed by atoms with Crippen molar-refractivity contribution in [2.45, 2.75) is 70.3 Å². The van der Waals surface area contributed by atoms with Crippen LogP contribution in [0.1, 0.15) is 64.2 Å². The first-order valence-electron chi connectivity index (χ1n) is 8.18. The van der Waals surface area contributed by atoms with Crippen molar-refractivity contribution < 1.29 is 9.50 Å².